The Labute approximate surface area is 129 Å². The normalized spacial score (nSPS) is 18.0. The summed E-state index contributed by atoms with van der Waals surface area (Å²) in [5.74, 6) is 0. The number of halogens is 1. The first-order chi connectivity index (χ1) is 9.36. The molecule has 3 heteroatoms. The molecule has 0 amide bonds. The van der Waals surface area contributed by atoms with Crippen molar-refractivity contribution in [2.75, 3.05) is 44.6 Å². The Hall–Kier alpha value is 0.400. The van der Waals surface area contributed by atoms with E-state index in [0.717, 1.165) is 0 Å². The van der Waals surface area contributed by atoms with Crippen LogP contribution in [0.3, 0.4) is 0 Å². The van der Waals surface area contributed by atoms with Gasteiger partial charge in [-0.1, -0.05) is 55.0 Å². The van der Waals surface area contributed by atoms with Crippen molar-refractivity contribution in [3.8, 4) is 0 Å². The Morgan fingerprint density at radius 3 is 1.68 bits per heavy atom. The molecule has 0 atom stereocenters. The van der Waals surface area contributed by atoms with Crippen molar-refractivity contribution in [2.45, 2.75) is 58.3 Å². The summed E-state index contributed by atoms with van der Waals surface area (Å²) in [6.45, 7) is 10.1. The SMILES string of the molecule is CCCN1CCN(CCCCCCCCCBr)CC1. The van der Waals surface area contributed by atoms with Crippen LogP contribution in [-0.4, -0.2) is 54.4 Å². The first-order valence-corrected chi connectivity index (χ1v) is 9.49. The molecule has 0 radical (unpaired) electrons. The Morgan fingerprint density at radius 2 is 1.16 bits per heavy atom. The maximum absolute atomic E-state index is 3.49. The molecule has 0 aromatic rings. The zero-order chi connectivity index (χ0) is 13.8. The third kappa shape index (κ3) is 9.04. The summed E-state index contributed by atoms with van der Waals surface area (Å²) in [7, 11) is 0. The van der Waals surface area contributed by atoms with Gasteiger partial charge in [0.05, 0.1) is 0 Å². The summed E-state index contributed by atoms with van der Waals surface area (Å²) < 4.78 is 0. The second-order valence-corrected chi connectivity index (χ2v) is 6.64. The number of rotatable bonds is 11. The van der Waals surface area contributed by atoms with Crippen LogP contribution in [0.4, 0.5) is 0 Å². The lowest BCUT2D eigenvalue weighted by Gasteiger charge is -2.34. The highest BCUT2D eigenvalue weighted by molar-refractivity contribution is 9.09. The number of piperazine rings is 1. The summed E-state index contributed by atoms with van der Waals surface area (Å²) in [4.78, 5) is 5.28. The molecule has 2 nitrogen and oxygen atoms in total. The molecule has 0 unspecified atom stereocenters. The molecule has 1 aliphatic heterocycles. The van der Waals surface area contributed by atoms with Gasteiger partial charge in [0.15, 0.2) is 0 Å². The average molecular weight is 333 g/mol. The quantitative estimate of drug-likeness (QED) is 0.414. The van der Waals surface area contributed by atoms with Gasteiger partial charge in [0.25, 0.3) is 0 Å². The van der Waals surface area contributed by atoms with Crippen molar-refractivity contribution in [3.05, 3.63) is 0 Å². The molecule has 1 rings (SSSR count). The zero-order valence-corrected chi connectivity index (χ0v) is 14.5. The number of alkyl halides is 1. The highest BCUT2D eigenvalue weighted by atomic mass is 79.9. The van der Waals surface area contributed by atoms with Crippen molar-refractivity contribution in [1.82, 2.24) is 9.80 Å². The van der Waals surface area contributed by atoms with Crippen molar-refractivity contribution in [2.24, 2.45) is 0 Å². The number of hydrogen-bond donors (Lipinski definition) is 0. The molecule has 0 aromatic carbocycles. The van der Waals surface area contributed by atoms with Gasteiger partial charge in [-0.05, 0) is 32.4 Å². The van der Waals surface area contributed by atoms with Crippen LogP contribution in [0.2, 0.25) is 0 Å². The van der Waals surface area contributed by atoms with E-state index in [1.165, 1.54) is 96.0 Å². The van der Waals surface area contributed by atoms with E-state index >= 15 is 0 Å². The zero-order valence-electron chi connectivity index (χ0n) is 12.9. The Morgan fingerprint density at radius 1 is 0.684 bits per heavy atom. The minimum absolute atomic E-state index is 1.18. The fraction of sp³-hybridized carbons (Fsp3) is 1.00. The molecule has 0 saturated carbocycles. The van der Waals surface area contributed by atoms with E-state index < -0.39 is 0 Å². The van der Waals surface area contributed by atoms with E-state index in [9.17, 15) is 0 Å². The largest absolute Gasteiger partial charge is 0.301 e. The van der Waals surface area contributed by atoms with Gasteiger partial charge in [-0.15, -0.1) is 0 Å². The van der Waals surface area contributed by atoms with Gasteiger partial charge < -0.3 is 9.80 Å². The average Bonchev–Trinajstić information content (AvgIpc) is 2.44. The molecule has 19 heavy (non-hydrogen) atoms. The minimum Gasteiger partial charge on any atom is -0.301 e. The maximum Gasteiger partial charge on any atom is 0.0110 e. The predicted molar refractivity (Wildman–Crippen MR) is 89.3 cm³/mol. The molecular formula is C16H33BrN2. The third-order valence-corrected chi connectivity index (χ3v) is 4.67. The molecule has 0 aromatic heterocycles. The van der Waals surface area contributed by atoms with Gasteiger partial charge >= 0.3 is 0 Å². The van der Waals surface area contributed by atoms with Crippen LogP contribution in [-0.2, 0) is 0 Å². The molecule has 0 bridgehead atoms. The predicted octanol–water partition coefficient (Wildman–Crippen LogP) is 4.14. The van der Waals surface area contributed by atoms with Crippen molar-refractivity contribution < 1.29 is 0 Å². The third-order valence-electron chi connectivity index (χ3n) is 4.11. The lowest BCUT2D eigenvalue weighted by molar-refractivity contribution is 0.131. The van der Waals surface area contributed by atoms with Crippen LogP contribution in [0.1, 0.15) is 58.3 Å². The minimum atomic E-state index is 1.18. The molecule has 0 N–H and O–H groups in total. The number of unbranched alkanes of at least 4 members (excludes halogenated alkanes) is 6. The first-order valence-electron chi connectivity index (χ1n) is 8.37. The fourth-order valence-electron chi connectivity index (χ4n) is 2.87. The summed E-state index contributed by atoms with van der Waals surface area (Å²) in [6.07, 6.45) is 11.2. The van der Waals surface area contributed by atoms with Gasteiger partial charge in [0.1, 0.15) is 0 Å². The van der Waals surface area contributed by atoms with Crippen LogP contribution in [0.15, 0.2) is 0 Å². The molecular weight excluding hydrogens is 300 g/mol. The van der Waals surface area contributed by atoms with Crippen LogP contribution >= 0.6 is 15.9 Å². The van der Waals surface area contributed by atoms with E-state index in [1.807, 2.05) is 0 Å². The lowest BCUT2D eigenvalue weighted by Crippen LogP contribution is -2.46. The van der Waals surface area contributed by atoms with Gasteiger partial charge in [-0.2, -0.15) is 0 Å². The lowest BCUT2D eigenvalue weighted by atomic mass is 10.1. The second-order valence-electron chi connectivity index (χ2n) is 5.85. The fourth-order valence-corrected chi connectivity index (χ4v) is 3.26. The summed E-state index contributed by atoms with van der Waals surface area (Å²) in [5, 5.41) is 1.18. The van der Waals surface area contributed by atoms with E-state index in [1.54, 1.807) is 0 Å². The molecule has 1 saturated heterocycles. The Bertz CT molecular complexity index is 191. The van der Waals surface area contributed by atoms with Gasteiger partial charge in [0.2, 0.25) is 0 Å². The van der Waals surface area contributed by atoms with Crippen LogP contribution in [0, 0.1) is 0 Å². The Balaban J connectivity index is 1.85. The van der Waals surface area contributed by atoms with Gasteiger partial charge in [-0.25, -0.2) is 0 Å². The highest BCUT2D eigenvalue weighted by Crippen LogP contribution is 2.09. The summed E-state index contributed by atoms with van der Waals surface area (Å²) in [5.41, 5.74) is 0. The van der Waals surface area contributed by atoms with E-state index in [0.29, 0.717) is 0 Å². The topological polar surface area (TPSA) is 6.48 Å². The molecule has 1 fully saturated rings. The van der Waals surface area contributed by atoms with E-state index in [4.69, 9.17) is 0 Å². The Kier molecular flexibility index (Phi) is 11.2. The molecule has 114 valence electrons. The molecule has 1 aliphatic rings. The van der Waals surface area contributed by atoms with Crippen molar-refractivity contribution in [3.63, 3.8) is 0 Å². The van der Waals surface area contributed by atoms with Crippen molar-refractivity contribution >= 4 is 15.9 Å². The second kappa shape index (κ2) is 12.2. The molecule has 1 heterocycles. The van der Waals surface area contributed by atoms with E-state index in [2.05, 4.69) is 32.7 Å². The highest BCUT2D eigenvalue weighted by Gasteiger charge is 2.14. The molecule has 0 aliphatic carbocycles. The van der Waals surface area contributed by atoms with Crippen molar-refractivity contribution in [1.29, 1.82) is 0 Å². The van der Waals surface area contributed by atoms with Crippen LogP contribution in [0.25, 0.3) is 0 Å². The number of hydrogen-bond acceptors (Lipinski definition) is 2. The number of nitrogens with zero attached hydrogens (tertiary/aromatic N) is 2. The maximum atomic E-state index is 3.49. The van der Waals surface area contributed by atoms with E-state index in [-0.39, 0.29) is 0 Å². The van der Waals surface area contributed by atoms with Gasteiger partial charge in [0, 0.05) is 31.5 Å². The van der Waals surface area contributed by atoms with Crippen LogP contribution in [0.5, 0.6) is 0 Å². The monoisotopic (exact) mass is 332 g/mol. The standard InChI is InChI=1S/C16H33BrN2/c1-2-11-18-13-15-19(16-14-18)12-9-7-5-3-4-6-8-10-17/h2-16H2,1H3. The first kappa shape index (κ1) is 17.5. The van der Waals surface area contributed by atoms with Gasteiger partial charge in [-0.3, -0.25) is 0 Å². The molecule has 0 spiro atoms. The van der Waals surface area contributed by atoms with Crippen LogP contribution < -0.4 is 0 Å². The summed E-state index contributed by atoms with van der Waals surface area (Å²) in [6, 6.07) is 0. The summed E-state index contributed by atoms with van der Waals surface area (Å²) >= 11 is 3.49. The smallest absolute Gasteiger partial charge is 0.0110 e.